The first-order valence-corrected chi connectivity index (χ1v) is 15.0. The van der Waals surface area contributed by atoms with Crippen LogP contribution in [0.15, 0.2) is 41.8 Å². The van der Waals surface area contributed by atoms with E-state index in [4.69, 9.17) is 24.4 Å². The first-order valence-electron chi connectivity index (χ1n) is 14.2. The van der Waals surface area contributed by atoms with Crippen molar-refractivity contribution in [3.05, 3.63) is 58.7 Å². The molecule has 11 heteroatoms. The number of carbonyl (C=O) groups is 1. The van der Waals surface area contributed by atoms with Crippen LogP contribution >= 0.6 is 11.3 Å². The van der Waals surface area contributed by atoms with Gasteiger partial charge in [0.15, 0.2) is 5.82 Å². The van der Waals surface area contributed by atoms with Gasteiger partial charge in [-0.1, -0.05) is 32.0 Å². The highest BCUT2D eigenvalue weighted by Crippen LogP contribution is 2.28. The van der Waals surface area contributed by atoms with Gasteiger partial charge in [0.25, 0.3) is 0 Å². The molecule has 4 aromatic rings. The zero-order valence-electron chi connectivity index (χ0n) is 24.5. The topological polar surface area (TPSA) is 107 Å². The lowest BCUT2D eigenvalue weighted by Gasteiger charge is -2.22. The minimum absolute atomic E-state index is 0.256. The Kier molecular flexibility index (Phi) is 10.7. The smallest absolute Gasteiger partial charge is 0.435 e. The molecule has 0 saturated carbocycles. The predicted molar refractivity (Wildman–Crippen MR) is 164 cm³/mol. The summed E-state index contributed by atoms with van der Waals surface area (Å²) in [5.41, 5.74) is 2.97. The number of hydrogen-bond donors (Lipinski definition) is 1. The van der Waals surface area contributed by atoms with Crippen LogP contribution < -0.4 is 15.0 Å². The second kappa shape index (κ2) is 14.6. The van der Waals surface area contributed by atoms with Crippen LogP contribution in [-0.4, -0.2) is 57.6 Å². The van der Waals surface area contributed by atoms with E-state index in [0.717, 1.165) is 55.0 Å². The van der Waals surface area contributed by atoms with Crippen molar-refractivity contribution in [3.63, 3.8) is 0 Å². The zero-order valence-corrected chi connectivity index (χ0v) is 25.3. The van der Waals surface area contributed by atoms with Gasteiger partial charge in [0.2, 0.25) is 11.9 Å². The second-order valence-corrected chi connectivity index (χ2v) is 10.6. The molecular weight excluding hydrogens is 538 g/mol. The molecule has 10 nitrogen and oxygen atoms in total. The number of methoxy groups -OCH3 is 1. The molecule has 1 N–H and O–H groups in total. The van der Waals surface area contributed by atoms with E-state index in [1.54, 1.807) is 14.0 Å². The van der Waals surface area contributed by atoms with E-state index in [1.807, 2.05) is 30.5 Å². The fourth-order valence-corrected chi connectivity index (χ4v) is 5.25. The van der Waals surface area contributed by atoms with Crippen LogP contribution in [0.1, 0.15) is 57.0 Å². The fraction of sp³-hybridized carbons (Fsp3) is 0.433. The lowest BCUT2D eigenvalue weighted by molar-refractivity contribution is 0.151. The standard InChI is InChI=1S/C30H39N7O3S/c1-6-16-36(17-7-2)29-33-26(13-9-11-22-15-14-21(4)24(19-22)39-5)31-28(34-29)32-27-20-23(25-12-10-18-41-25)37(35-27)30(38)40-8-3/h10,12,14-15,18-20H,6-9,11,13,16-17H2,1-5H3,(H,31,32,33,34,35). The summed E-state index contributed by atoms with van der Waals surface area (Å²) >= 11 is 1.52. The molecule has 0 saturated heterocycles. The maximum atomic E-state index is 12.7. The van der Waals surface area contributed by atoms with Gasteiger partial charge in [-0.3, -0.25) is 0 Å². The normalized spacial score (nSPS) is 11.0. The maximum absolute atomic E-state index is 12.7. The van der Waals surface area contributed by atoms with E-state index in [9.17, 15) is 4.79 Å². The minimum Gasteiger partial charge on any atom is -0.496 e. The van der Waals surface area contributed by atoms with E-state index in [0.29, 0.717) is 35.7 Å². The molecule has 0 aliphatic heterocycles. The minimum atomic E-state index is -0.536. The summed E-state index contributed by atoms with van der Waals surface area (Å²) in [5.74, 6) is 3.09. The van der Waals surface area contributed by atoms with Gasteiger partial charge in [-0.25, -0.2) is 4.79 Å². The van der Waals surface area contributed by atoms with Gasteiger partial charge >= 0.3 is 6.09 Å². The summed E-state index contributed by atoms with van der Waals surface area (Å²) in [5, 5.41) is 9.68. The molecule has 218 valence electrons. The van der Waals surface area contributed by atoms with Crippen LogP contribution in [0.4, 0.5) is 22.5 Å². The van der Waals surface area contributed by atoms with E-state index < -0.39 is 6.09 Å². The highest BCUT2D eigenvalue weighted by atomic mass is 32.1. The van der Waals surface area contributed by atoms with Crippen LogP contribution in [-0.2, 0) is 17.6 Å². The van der Waals surface area contributed by atoms with Gasteiger partial charge in [-0.2, -0.15) is 19.6 Å². The molecule has 1 aromatic carbocycles. The van der Waals surface area contributed by atoms with Crippen LogP contribution in [0.25, 0.3) is 10.6 Å². The van der Waals surface area contributed by atoms with Gasteiger partial charge in [0, 0.05) is 25.6 Å². The van der Waals surface area contributed by atoms with E-state index in [2.05, 4.69) is 47.4 Å². The Labute approximate surface area is 245 Å². The monoisotopic (exact) mass is 577 g/mol. The molecule has 0 aliphatic carbocycles. The number of thiophene rings is 1. The number of hydrogen-bond acceptors (Lipinski definition) is 10. The van der Waals surface area contributed by atoms with Crippen molar-refractivity contribution in [2.24, 2.45) is 0 Å². The first-order chi connectivity index (χ1) is 19.9. The number of nitrogens with zero attached hydrogens (tertiary/aromatic N) is 6. The molecular formula is C30H39N7O3S. The summed E-state index contributed by atoms with van der Waals surface area (Å²) in [6.45, 7) is 10.1. The Morgan fingerprint density at radius 3 is 2.54 bits per heavy atom. The van der Waals surface area contributed by atoms with Gasteiger partial charge in [0.1, 0.15) is 11.6 Å². The van der Waals surface area contributed by atoms with Gasteiger partial charge in [0.05, 0.1) is 24.3 Å². The maximum Gasteiger partial charge on any atom is 0.435 e. The van der Waals surface area contributed by atoms with Gasteiger partial charge in [-0.05, 0) is 68.2 Å². The molecule has 0 amide bonds. The number of rotatable bonds is 14. The fourth-order valence-electron chi connectivity index (χ4n) is 4.52. The lowest BCUT2D eigenvalue weighted by Crippen LogP contribution is -2.28. The van der Waals surface area contributed by atoms with Crippen molar-refractivity contribution in [2.75, 3.05) is 37.0 Å². The molecule has 0 fully saturated rings. The Morgan fingerprint density at radius 1 is 1.05 bits per heavy atom. The molecule has 0 unspecified atom stereocenters. The van der Waals surface area contributed by atoms with Crippen molar-refractivity contribution in [1.82, 2.24) is 24.7 Å². The molecule has 4 rings (SSSR count). The third kappa shape index (κ3) is 7.81. The molecule has 0 aliphatic rings. The number of ether oxygens (including phenoxy) is 2. The van der Waals surface area contributed by atoms with Crippen molar-refractivity contribution in [3.8, 4) is 16.3 Å². The summed E-state index contributed by atoms with van der Waals surface area (Å²) in [4.78, 5) is 30.1. The second-order valence-electron chi connectivity index (χ2n) is 9.65. The lowest BCUT2D eigenvalue weighted by atomic mass is 10.1. The summed E-state index contributed by atoms with van der Waals surface area (Å²) in [6.07, 6.45) is 3.86. The summed E-state index contributed by atoms with van der Waals surface area (Å²) in [6, 6.07) is 12.0. The molecule has 0 radical (unpaired) electrons. The zero-order chi connectivity index (χ0) is 29.2. The van der Waals surface area contributed by atoms with E-state index >= 15 is 0 Å². The summed E-state index contributed by atoms with van der Waals surface area (Å²) in [7, 11) is 1.70. The van der Waals surface area contributed by atoms with Crippen LogP contribution in [0.2, 0.25) is 0 Å². The highest BCUT2D eigenvalue weighted by Gasteiger charge is 2.19. The van der Waals surface area contributed by atoms with E-state index in [-0.39, 0.29) is 6.61 Å². The number of nitrogens with one attached hydrogen (secondary N) is 1. The Balaban J connectivity index is 1.61. The van der Waals surface area contributed by atoms with Crippen molar-refractivity contribution in [1.29, 1.82) is 0 Å². The molecule has 3 aromatic heterocycles. The van der Waals surface area contributed by atoms with Crippen LogP contribution in [0.3, 0.4) is 0 Å². The third-order valence-corrected chi connectivity index (χ3v) is 7.33. The molecule has 0 atom stereocenters. The first kappa shape index (κ1) is 30.0. The van der Waals surface area contributed by atoms with Crippen molar-refractivity contribution in [2.45, 2.75) is 59.8 Å². The average molecular weight is 578 g/mol. The number of carbonyl (C=O) groups excluding carboxylic acids is 1. The van der Waals surface area contributed by atoms with Gasteiger partial charge in [-0.15, -0.1) is 16.4 Å². The SMILES string of the molecule is CCCN(CCC)c1nc(CCCc2ccc(C)c(OC)c2)nc(Nc2cc(-c3cccs3)n(C(=O)OCC)n2)n1. The largest absolute Gasteiger partial charge is 0.496 e. The number of aryl methyl sites for hydroxylation is 3. The van der Waals surface area contributed by atoms with E-state index in [1.165, 1.54) is 21.6 Å². The molecule has 0 spiro atoms. The molecule has 0 bridgehead atoms. The van der Waals surface area contributed by atoms with Gasteiger partial charge < -0.3 is 19.7 Å². The predicted octanol–water partition coefficient (Wildman–Crippen LogP) is 6.66. The van der Waals surface area contributed by atoms with Crippen LogP contribution in [0.5, 0.6) is 5.75 Å². The Hall–Kier alpha value is -3.99. The van der Waals surface area contributed by atoms with Crippen molar-refractivity contribution >= 4 is 35.1 Å². The molecule has 41 heavy (non-hydrogen) atoms. The quantitative estimate of drug-likeness (QED) is 0.176. The molecule has 3 heterocycles. The Bertz CT molecular complexity index is 1420. The van der Waals surface area contributed by atoms with Crippen LogP contribution in [0, 0.1) is 6.92 Å². The Morgan fingerprint density at radius 2 is 1.85 bits per heavy atom. The highest BCUT2D eigenvalue weighted by molar-refractivity contribution is 7.13. The number of aromatic nitrogens is 5. The summed E-state index contributed by atoms with van der Waals surface area (Å²) < 4.78 is 12.0. The van der Waals surface area contributed by atoms with Crippen molar-refractivity contribution < 1.29 is 14.3 Å². The number of anilines is 3. The third-order valence-electron chi connectivity index (χ3n) is 6.44. The number of benzene rings is 1. The average Bonchev–Trinajstić information content (AvgIpc) is 3.64.